The molecule has 0 bridgehead atoms. The zero-order valence-electron chi connectivity index (χ0n) is 10.2. The summed E-state index contributed by atoms with van der Waals surface area (Å²) in [6.07, 6.45) is 9.92. The van der Waals surface area contributed by atoms with E-state index in [-0.39, 0.29) is 6.29 Å². The maximum absolute atomic E-state index is 5.11. The van der Waals surface area contributed by atoms with Crippen LogP contribution in [0.2, 0.25) is 0 Å². The third kappa shape index (κ3) is 9.91. The number of hydrogen-bond donors (Lipinski definition) is 0. The van der Waals surface area contributed by atoms with Gasteiger partial charge in [-0.05, 0) is 25.7 Å². The van der Waals surface area contributed by atoms with Crippen molar-refractivity contribution in [2.45, 2.75) is 38.4 Å². The molecule has 0 saturated carbocycles. The zero-order valence-corrected chi connectivity index (χ0v) is 10.2. The number of methoxy groups -OCH3 is 3. The summed E-state index contributed by atoms with van der Waals surface area (Å²) >= 11 is 0. The smallest absolute Gasteiger partial charge is 0.156 e. The molecule has 0 N–H and O–H groups in total. The van der Waals surface area contributed by atoms with Gasteiger partial charge in [0, 0.05) is 21.3 Å². The van der Waals surface area contributed by atoms with Gasteiger partial charge in [-0.15, -0.1) is 0 Å². The summed E-state index contributed by atoms with van der Waals surface area (Å²) in [5, 5.41) is 0. The van der Waals surface area contributed by atoms with Gasteiger partial charge in [0.1, 0.15) is 0 Å². The van der Waals surface area contributed by atoms with Gasteiger partial charge in [-0.3, -0.25) is 0 Å². The quantitative estimate of drug-likeness (QED) is 0.319. The van der Waals surface area contributed by atoms with Crippen LogP contribution >= 0.6 is 0 Å². The van der Waals surface area contributed by atoms with Crippen LogP contribution in [-0.4, -0.2) is 34.2 Å². The molecule has 0 aromatic rings. The van der Waals surface area contributed by atoms with E-state index >= 15 is 0 Å². The van der Waals surface area contributed by atoms with E-state index in [1.165, 1.54) is 12.8 Å². The Labute approximate surface area is 93.4 Å². The first kappa shape index (κ1) is 14.6. The number of hydrogen-bond acceptors (Lipinski definition) is 3. The van der Waals surface area contributed by atoms with E-state index in [9.17, 15) is 0 Å². The molecule has 0 atom stereocenters. The number of unbranched alkanes of at least 4 members (excludes halogenated alkanes) is 3. The normalized spacial score (nSPS) is 11.7. The maximum atomic E-state index is 5.11. The van der Waals surface area contributed by atoms with Crippen molar-refractivity contribution in [3.05, 3.63) is 12.2 Å². The monoisotopic (exact) mass is 216 g/mol. The fourth-order valence-electron chi connectivity index (χ4n) is 1.36. The highest BCUT2D eigenvalue weighted by Crippen LogP contribution is 2.08. The lowest BCUT2D eigenvalue weighted by atomic mass is 10.1. The van der Waals surface area contributed by atoms with Crippen LogP contribution in [0.3, 0.4) is 0 Å². The first-order valence-electron chi connectivity index (χ1n) is 5.54. The van der Waals surface area contributed by atoms with E-state index in [2.05, 4.69) is 12.2 Å². The first-order valence-corrected chi connectivity index (χ1v) is 5.54. The molecule has 0 fully saturated rings. The van der Waals surface area contributed by atoms with E-state index in [1.807, 2.05) is 0 Å². The predicted molar refractivity (Wildman–Crippen MR) is 61.9 cm³/mol. The second-order valence-electron chi connectivity index (χ2n) is 3.47. The van der Waals surface area contributed by atoms with Crippen molar-refractivity contribution in [2.24, 2.45) is 0 Å². The van der Waals surface area contributed by atoms with E-state index in [1.54, 1.807) is 21.3 Å². The van der Waals surface area contributed by atoms with Crippen molar-refractivity contribution in [1.82, 2.24) is 0 Å². The Morgan fingerprint density at radius 2 is 1.67 bits per heavy atom. The highest BCUT2D eigenvalue weighted by atomic mass is 16.7. The van der Waals surface area contributed by atoms with Crippen molar-refractivity contribution in [3.63, 3.8) is 0 Å². The van der Waals surface area contributed by atoms with Crippen LogP contribution in [0.5, 0.6) is 0 Å². The molecule has 0 radical (unpaired) electrons. The summed E-state index contributed by atoms with van der Waals surface area (Å²) in [6, 6.07) is 0. The average molecular weight is 216 g/mol. The second kappa shape index (κ2) is 11.7. The molecule has 0 aromatic carbocycles. The molecule has 0 aliphatic carbocycles. The molecule has 3 heteroatoms. The lowest BCUT2D eigenvalue weighted by Gasteiger charge is -2.12. The minimum atomic E-state index is -0.0333. The molecule has 0 amide bonds. The van der Waals surface area contributed by atoms with Gasteiger partial charge >= 0.3 is 0 Å². The minimum absolute atomic E-state index is 0.0333. The fourth-order valence-corrected chi connectivity index (χ4v) is 1.36. The van der Waals surface area contributed by atoms with Gasteiger partial charge in [0.05, 0.1) is 6.61 Å². The highest BCUT2D eigenvalue weighted by Gasteiger charge is 2.02. The fraction of sp³-hybridized carbons (Fsp3) is 0.833. The molecule has 0 unspecified atom stereocenters. The van der Waals surface area contributed by atoms with E-state index in [4.69, 9.17) is 14.2 Å². The molecule has 0 aliphatic rings. The van der Waals surface area contributed by atoms with Gasteiger partial charge in [0.2, 0.25) is 0 Å². The molecular weight excluding hydrogens is 192 g/mol. The zero-order chi connectivity index (χ0) is 11.4. The van der Waals surface area contributed by atoms with Crippen LogP contribution in [-0.2, 0) is 14.2 Å². The van der Waals surface area contributed by atoms with Gasteiger partial charge in [0.15, 0.2) is 6.29 Å². The number of allylic oxidation sites excluding steroid dienone is 1. The van der Waals surface area contributed by atoms with Crippen LogP contribution in [0.25, 0.3) is 0 Å². The van der Waals surface area contributed by atoms with Crippen molar-refractivity contribution in [2.75, 3.05) is 27.9 Å². The Morgan fingerprint density at radius 3 is 2.27 bits per heavy atom. The first-order chi connectivity index (χ1) is 7.35. The summed E-state index contributed by atoms with van der Waals surface area (Å²) in [4.78, 5) is 0. The second-order valence-corrected chi connectivity index (χ2v) is 3.47. The Hall–Kier alpha value is -0.380. The summed E-state index contributed by atoms with van der Waals surface area (Å²) < 4.78 is 15.1. The van der Waals surface area contributed by atoms with Crippen molar-refractivity contribution < 1.29 is 14.2 Å². The predicted octanol–water partition coefficient (Wildman–Crippen LogP) is 2.76. The third-order valence-electron chi connectivity index (χ3n) is 2.27. The molecule has 15 heavy (non-hydrogen) atoms. The van der Waals surface area contributed by atoms with Gasteiger partial charge in [-0.2, -0.15) is 0 Å². The molecule has 0 aromatic heterocycles. The van der Waals surface area contributed by atoms with Crippen molar-refractivity contribution >= 4 is 0 Å². The van der Waals surface area contributed by atoms with Crippen LogP contribution in [0.15, 0.2) is 12.2 Å². The largest absolute Gasteiger partial charge is 0.381 e. The SMILES string of the molecule is COCC=CCCCCCC(OC)OC. The number of ether oxygens (including phenoxy) is 3. The van der Waals surface area contributed by atoms with E-state index in [0.717, 1.165) is 25.9 Å². The van der Waals surface area contributed by atoms with Crippen LogP contribution in [0.4, 0.5) is 0 Å². The standard InChI is InChI=1S/C12H24O3/c1-13-11-9-7-5-4-6-8-10-12(14-2)15-3/h7,9,12H,4-6,8,10-11H2,1-3H3. The Morgan fingerprint density at radius 1 is 0.933 bits per heavy atom. The lowest BCUT2D eigenvalue weighted by Crippen LogP contribution is -2.12. The van der Waals surface area contributed by atoms with Crippen LogP contribution in [0, 0.1) is 0 Å². The van der Waals surface area contributed by atoms with Gasteiger partial charge in [-0.25, -0.2) is 0 Å². The van der Waals surface area contributed by atoms with E-state index in [0.29, 0.717) is 0 Å². The molecule has 0 aliphatic heterocycles. The lowest BCUT2D eigenvalue weighted by molar-refractivity contribution is -0.107. The third-order valence-corrected chi connectivity index (χ3v) is 2.27. The number of rotatable bonds is 10. The molecule has 3 nitrogen and oxygen atoms in total. The summed E-state index contributed by atoms with van der Waals surface area (Å²) in [7, 11) is 5.07. The summed E-state index contributed by atoms with van der Waals surface area (Å²) in [5.41, 5.74) is 0. The molecule has 90 valence electrons. The molecular formula is C12H24O3. The van der Waals surface area contributed by atoms with Gasteiger partial charge < -0.3 is 14.2 Å². The summed E-state index contributed by atoms with van der Waals surface area (Å²) in [6.45, 7) is 0.718. The molecule has 0 rings (SSSR count). The van der Waals surface area contributed by atoms with E-state index < -0.39 is 0 Å². The highest BCUT2D eigenvalue weighted by molar-refractivity contribution is 4.80. The topological polar surface area (TPSA) is 27.7 Å². The maximum Gasteiger partial charge on any atom is 0.156 e. The van der Waals surface area contributed by atoms with Crippen LogP contribution < -0.4 is 0 Å². The van der Waals surface area contributed by atoms with Crippen molar-refractivity contribution in [1.29, 1.82) is 0 Å². The van der Waals surface area contributed by atoms with Gasteiger partial charge in [0.25, 0.3) is 0 Å². The minimum Gasteiger partial charge on any atom is -0.381 e. The molecule has 0 heterocycles. The summed E-state index contributed by atoms with van der Waals surface area (Å²) in [5.74, 6) is 0. The average Bonchev–Trinajstić information content (AvgIpc) is 2.27. The molecule has 0 saturated heterocycles. The Balaban J connectivity index is 3.17. The molecule has 0 spiro atoms. The Bertz CT molecular complexity index is 142. The van der Waals surface area contributed by atoms with Crippen molar-refractivity contribution in [3.8, 4) is 0 Å². The van der Waals surface area contributed by atoms with Gasteiger partial charge in [-0.1, -0.05) is 18.6 Å². The van der Waals surface area contributed by atoms with Crippen LogP contribution in [0.1, 0.15) is 32.1 Å². The Kier molecular flexibility index (Phi) is 11.4.